The number of halogens is 2. The van der Waals surface area contributed by atoms with E-state index in [1.165, 1.54) is 0 Å². The van der Waals surface area contributed by atoms with Gasteiger partial charge in [0.2, 0.25) is 5.91 Å². The smallest absolute Gasteiger partial charge is 0.241 e. The lowest BCUT2D eigenvalue weighted by Crippen LogP contribution is -2.39. The van der Waals surface area contributed by atoms with Crippen LogP contribution in [0.4, 0.5) is 5.69 Å². The Morgan fingerprint density at radius 3 is 2.62 bits per heavy atom. The number of rotatable bonds is 3. The molecule has 0 saturated carbocycles. The molecule has 88 valence electrons. The van der Waals surface area contributed by atoms with Crippen LogP contribution < -0.4 is 11.1 Å². The van der Waals surface area contributed by atoms with Crippen molar-refractivity contribution < 1.29 is 4.79 Å². The van der Waals surface area contributed by atoms with E-state index in [-0.39, 0.29) is 11.8 Å². The van der Waals surface area contributed by atoms with Crippen LogP contribution >= 0.6 is 34.2 Å². The van der Waals surface area contributed by atoms with Gasteiger partial charge in [0.15, 0.2) is 0 Å². The van der Waals surface area contributed by atoms with Gasteiger partial charge < -0.3 is 11.1 Å². The van der Waals surface area contributed by atoms with Crippen LogP contribution in [0.25, 0.3) is 0 Å². The second-order valence-corrected chi connectivity index (χ2v) is 5.48. The minimum Gasteiger partial charge on any atom is -0.324 e. The average molecular weight is 353 g/mol. The molecule has 0 aliphatic rings. The summed E-state index contributed by atoms with van der Waals surface area (Å²) in [6.45, 7) is 3.83. The predicted octanol–water partition coefficient (Wildman–Crippen LogP) is 2.87. The van der Waals surface area contributed by atoms with E-state index >= 15 is 0 Å². The molecule has 0 aromatic heterocycles. The van der Waals surface area contributed by atoms with Crippen LogP contribution in [0.15, 0.2) is 18.2 Å². The van der Waals surface area contributed by atoms with Crippen LogP contribution in [0.5, 0.6) is 0 Å². The molecule has 0 bridgehead atoms. The molecule has 1 aromatic rings. The van der Waals surface area contributed by atoms with Crippen LogP contribution in [-0.4, -0.2) is 11.9 Å². The van der Waals surface area contributed by atoms with E-state index in [0.29, 0.717) is 5.02 Å². The van der Waals surface area contributed by atoms with Crippen molar-refractivity contribution in [3.63, 3.8) is 0 Å². The third kappa shape index (κ3) is 3.61. The number of carbonyl (C=O) groups is 1. The molecule has 0 radical (unpaired) electrons. The maximum absolute atomic E-state index is 11.7. The van der Waals surface area contributed by atoms with E-state index in [1.54, 1.807) is 18.2 Å². The van der Waals surface area contributed by atoms with Crippen molar-refractivity contribution in [3.05, 3.63) is 26.8 Å². The standard InChI is InChI=1S/C11H14ClIN2O/c1-6(2)10(14)11(16)15-9-4-3-7(12)5-8(9)13/h3-6,10H,14H2,1-2H3,(H,15,16)/t10-/m0/s1. The highest BCUT2D eigenvalue weighted by Crippen LogP contribution is 2.22. The minimum atomic E-state index is -0.494. The van der Waals surface area contributed by atoms with Crippen LogP contribution in [0.3, 0.4) is 0 Å². The predicted molar refractivity (Wildman–Crippen MR) is 75.6 cm³/mol. The van der Waals surface area contributed by atoms with Crippen molar-refractivity contribution in [1.82, 2.24) is 0 Å². The summed E-state index contributed by atoms with van der Waals surface area (Å²) >= 11 is 7.94. The number of carbonyl (C=O) groups excluding carboxylic acids is 1. The summed E-state index contributed by atoms with van der Waals surface area (Å²) in [5.74, 6) is -0.0554. The van der Waals surface area contributed by atoms with Crippen LogP contribution in [0.1, 0.15) is 13.8 Å². The molecule has 0 heterocycles. The van der Waals surface area contributed by atoms with Gasteiger partial charge in [-0.3, -0.25) is 4.79 Å². The molecule has 0 unspecified atom stereocenters. The first-order valence-electron chi connectivity index (χ1n) is 4.93. The van der Waals surface area contributed by atoms with Crippen LogP contribution in [0.2, 0.25) is 5.02 Å². The fourth-order valence-electron chi connectivity index (χ4n) is 1.11. The van der Waals surface area contributed by atoms with Crippen molar-refractivity contribution in [3.8, 4) is 0 Å². The highest BCUT2D eigenvalue weighted by atomic mass is 127. The van der Waals surface area contributed by atoms with E-state index < -0.39 is 6.04 Å². The zero-order chi connectivity index (χ0) is 12.3. The Morgan fingerprint density at radius 2 is 2.12 bits per heavy atom. The van der Waals surface area contributed by atoms with Gasteiger partial charge in [-0.15, -0.1) is 0 Å². The number of amides is 1. The van der Waals surface area contributed by atoms with Crippen LogP contribution in [-0.2, 0) is 4.79 Å². The molecule has 0 spiro atoms. The van der Waals surface area contributed by atoms with Gasteiger partial charge in [0, 0.05) is 8.59 Å². The molecule has 1 amide bonds. The summed E-state index contributed by atoms with van der Waals surface area (Å²) < 4.78 is 0.898. The van der Waals surface area contributed by atoms with Crippen molar-refractivity contribution in [2.45, 2.75) is 19.9 Å². The summed E-state index contributed by atoms with van der Waals surface area (Å²) in [6.07, 6.45) is 0. The van der Waals surface area contributed by atoms with Crippen molar-refractivity contribution in [1.29, 1.82) is 0 Å². The number of hydrogen-bond donors (Lipinski definition) is 2. The minimum absolute atomic E-state index is 0.116. The molecule has 1 atom stereocenters. The lowest BCUT2D eigenvalue weighted by Gasteiger charge is -2.16. The Kier molecular flexibility index (Phi) is 5.01. The molecule has 5 heteroatoms. The second-order valence-electron chi connectivity index (χ2n) is 3.88. The Balaban J connectivity index is 2.77. The van der Waals surface area contributed by atoms with E-state index in [9.17, 15) is 4.79 Å². The molecule has 0 saturated heterocycles. The Labute approximate surface area is 114 Å². The summed E-state index contributed by atoms with van der Waals surface area (Å²) in [7, 11) is 0. The van der Waals surface area contributed by atoms with E-state index in [2.05, 4.69) is 27.9 Å². The van der Waals surface area contributed by atoms with Crippen LogP contribution in [0, 0.1) is 9.49 Å². The zero-order valence-corrected chi connectivity index (χ0v) is 12.0. The maximum Gasteiger partial charge on any atom is 0.241 e. The van der Waals surface area contributed by atoms with Gasteiger partial charge in [0.05, 0.1) is 11.7 Å². The van der Waals surface area contributed by atoms with Gasteiger partial charge >= 0.3 is 0 Å². The van der Waals surface area contributed by atoms with Gasteiger partial charge in [-0.1, -0.05) is 25.4 Å². The van der Waals surface area contributed by atoms with Crippen molar-refractivity contribution >= 4 is 45.8 Å². The SMILES string of the molecule is CC(C)[C@H](N)C(=O)Nc1ccc(Cl)cc1I. The molecule has 16 heavy (non-hydrogen) atoms. The van der Waals surface area contributed by atoms with Gasteiger partial charge in [-0.2, -0.15) is 0 Å². The van der Waals surface area contributed by atoms with Crippen molar-refractivity contribution in [2.75, 3.05) is 5.32 Å². The monoisotopic (exact) mass is 352 g/mol. The largest absolute Gasteiger partial charge is 0.324 e. The number of anilines is 1. The first kappa shape index (κ1) is 13.7. The van der Waals surface area contributed by atoms with Gasteiger partial charge in [-0.05, 0) is 46.7 Å². The highest BCUT2D eigenvalue weighted by molar-refractivity contribution is 14.1. The quantitative estimate of drug-likeness (QED) is 0.822. The third-order valence-electron chi connectivity index (χ3n) is 2.21. The molecule has 3 nitrogen and oxygen atoms in total. The van der Waals surface area contributed by atoms with Gasteiger partial charge in [0.1, 0.15) is 0 Å². The van der Waals surface area contributed by atoms with E-state index in [1.807, 2.05) is 13.8 Å². The van der Waals surface area contributed by atoms with Gasteiger partial charge in [0.25, 0.3) is 0 Å². The zero-order valence-electron chi connectivity index (χ0n) is 9.13. The summed E-state index contributed by atoms with van der Waals surface area (Å²) in [5.41, 5.74) is 6.49. The number of nitrogens with two attached hydrogens (primary N) is 1. The van der Waals surface area contributed by atoms with E-state index in [0.717, 1.165) is 9.26 Å². The third-order valence-corrected chi connectivity index (χ3v) is 3.34. The summed E-state index contributed by atoms with van der Waals surface area (Å²) in [4.78, 5) is 11.7. The molecular formula is C11H14ClIN2O. The fourth-order valence-corrected chi connectivity index (χ4v) is 2.12. The topological polar surface area (TPSA) is 55.1 Å². The van der Waals surface area contributed by atoms with Crippen molar-refractivity contribution in [2.24, 2.45) is 11.7 Å². The molecule has 3 N–H and O–H groups in total. The summed E-state index contributed by atoms with van der Waals surface area (Å²) in [6, 6.07) is 4.81. The fraction of sp³-hybridized carbons (Fsp3) is 0.364. The molecule has 0 fully saturated rings. The maximum atomic E-state index is 11.7. The normalized spacial score (nSPS) is 12.6. The molecule has 1 rings (SSSR count). The Bertz CT molecular complexity index is 396. The molecular weight excluding hydrogens is 338 g/mol. The Morgan fingerprint density at radius 1 is 1.50 bits per heavy atom. The lowest BCUT2D eigenvalue weighted by molar-refractivity contribution is -0.118. The number of nitrogens with one attached hydrogen (secondary N) is 1. The molecule has 1 aromatic carbocycles. The molecule has 0 aliphatic carbocycles. The first-order valence-corrected chi connectivity index (χ1v) is 6.39. The second kappa shape index (κ2) is 5.84. The highest BCUT2D eigenvalue weighted by Gasteiger charge is 2.17. The van der Waals surface area contributed by atoms with E-state index in [4.69, 9.17) is 17.3 Å². The first-order chi connectivity index (χ1) is 7.41. The lowest BCUT2D eigenvalue weighted by atomic mass is 10.1. The van der Waals surface area contributed by atoms with Gasteiger partial charge in [-0.25, -0.2) is 0 Å². The Hall–Kier alpha value is -0.330. The number of benzene rings is 1. The number of hydrogen-bond acceptors (Lipinski definition) is 2. The average Bonchev–Trinajstić information content (AvgIpc) is 2.20. The molecule has 0 aliphatic heterocycles. The summed E-state index contributed by atoms with van der Waals surface area (Å²) in [5, 5.41) is 3.44.